The molecular weight excluding hydrogens is 346 g/mol. The van der Waals surface area contributed by atoms with Crippen LogP contribution in [0.1, 0.15) is 28.1 Å². The van der Waals surface area contributed by atoms with E-state index >= 15 is 0 Å². The lowest BCUT2D eigenvalue weighted by Gasteiger charge is -2.08. The van der Waals surface area contributed by atoms with Crippen LogP contribution in [0.3, 0.4) is 0 Å². The number of amides is 1. The number of benzene rings is 1. The van der Waals surface area contributed by atoms with Crippen molar-refractivity contribution >= 4 is 27.3 Å². The molecule has 2 aromatic rings. The number of hydrogen-bond acceptors (Lipinski definition) is 5. The van der Waals surface area contributed by atoms with Crippen LogP contribution in [0.15, 0.2) is 46.7 Å². The Balaban J connectivity index is 2.01. The number of hydrogen-bond donors (Lipinski definition) is 3. The molecule has 0 radical (unpaired) electrons. The lowest BCUT2D eigenvalue weighted by molar-refractivity contribution is 0.0953. The monoisotopic (exact) mass is 367 g/mol. The maximum absolute atomic E-state index is 12.3. The summed E-state index contributed by atoms with van der Waals surface area (Å²) in [5.74, 6) is -0.290. The molecule has 8 heteroatoms. The van der Waals surface area contributed by atoms with Gasteiger partial charge in [-0.3, -0.25) is 4.79 Å². The summed E-state index contributed by atoms with van der Waals surface area (Å²) < 4.78 is 27.2. The van der Waals surface area contributed by atoms with Crippen LogP contribution in [0.4, 0.5) is 0 Å². The first-order valence-electron chi connectivity index (χ1n) is 7.63. The van der Waals surface area contributed by atoms with E-state index in [0.717, 1.165) is 17.7 Å². The van der Waals surface area contributed by atoms with Gasteiger partial charge < -0.3 is 11.1 Å². The minimum absolute atomic E-state index is 0.0775. The summed E-state index contributed by atoms with van der Waals surface area (Å²) in [5.41, 5.74) is 5.72. The highest BCUT2D eigenvalue weighted by Crippen LogP contribution is 2.14. The van der Waals surface area contributed by atoms with E-state index in [4.69, 9.17) is 5.73 Å². The average Bonchev–Trinajstić information content (AvgIpc) is 3.10. The van der Waals surface area contributed by atoms with Crippen LogP contribution in [0.25, 0.3) is 0 Å². The van der Waals surface area contributed by atoms with Crippen molar-refractivity contribution in [3.8, 4) is 0 Å². The molecule has 0 atom stereocenters. The summed E-state index contributed by atoms with van der Waals surface area (Å²) in [7, 11) is -3.66. The molecule has 130 valence electrons. The summed E-state index contributed by atoms with van der Waals surface area (Å²) in [4.78, 5) is 13.1. The van der Waals surface area contributed by atoms with Gasteiger partial charge in [-0.15, -0.1) is 11.3 Å². The SMILES string of the molecule is NCCCCNC(=O)c1cccc(S(=O)(=O)NCc2cccs2)c1. The number of nitrogens with one attached hydrogen (secondary N) is 2. The lowest BCUT2D eigenvalue weighted by atomic mass is 10.2. The van der Waals surface area contributed by atoms with Gasteiger partial charge in [0, 0.05) is 23.5 Å². The van der Waals surface area contributed by atoms with E-state index in [1.807, 2.05) is 17.5 Å². The number of sulfonamides is 1. The predicted molar refractivity (Wildman–Crippen MR) is 95.4 cm³/mol. The zero-order chi connectivity index (χ0) is 17.4. The molecule has 1 amide bonds. The van der Waals surface area contributed by atoms with E-state index in [1.54, 1.807) is 12.1 Å². The van der Waals surface area contributed by atoms with E-state index in [-0.39, 0.29) is 17.3 Å². The number of rotatable bonds is 9. The zero-order valence-corrected chi connectivity index (χ0v) is 14.8. The average molecular weight is 367 g/mol. The molecule has 0 bridgehead atoms. The fraction of sp³-hybridized carbons (Fsp3) is 0.312. The third-order valence-electron chi connectivity index (χ3n) is 3.34. The van der Waals surface area contributed by atoms with Gasteiger partial charge in [-0.05, 0) is 49.0 Å². The smallest absolute Gasteiger partial charge is 0.251 e. The van der Waals surface area contributed by atoms with Crippen LogP contribution in [-0.4, -0.2) is 27.4 Å². The first-order valence-corrected chi connectivity index (χ1v) is 9.99. The molecule has 1 aromatic carbocycles. The highest BCUT2D eigenvalue weighted by Gasteiger charge is 2.16. The van der Waals surface area contributed by atoms with E-state index in [1.165, 1.54) is 23.5 Å². The molecule has 1 aromatic heterocycles. The maximum atomic E-state index is 12.3. The van der Waals surface area contributed by atoms with E-state index in [9.17, 15) is 13.2 Å². The molecule has 0 fully saturated rings. The molecule has 6 nitrogen and oxygen atoms in total. The Morgan fingerprint density at radius 1 is 1.17 bits per heavy atom. The molecule has 0 saturated carbocycles. The summed E-state index contributed by atoms with van der Waals surface area (Å²) in [6.45, 7) is 1.33. The van der Waals surface area contributed by atoms with Crippen molar-refractivity contribution in [3.05, 3.63) is 52.2 Å². The van der Waals surface area contributed by atoms with E-state index in [0.29, 0.717) is 18.7 Å². The van der Waals surface area contributed by atoms with Crippen LogP contribution in [-0.2, 0) is 16.6 Å². The first kappa shape index (κ1) is 18.6. The van der Waals surface area contributed by atoms with Gasteiger partial charge in [-0.2, -0.15) is 0 Å². The minimum Gasteiger partial charge on any atom is -0.352 e. The Morgan fingerprint density at radius 3 is 2.71 bits per heavy atom. The van der Waals surface area contributed by atoms with Crippen LogP contribution >= 0.6 is 11.3 Å². The van der Waals surface area contributed by atoms with Gasteiger partial charge in [0.1, 0.15) is 0 Å². The fourth-order valence-corrected chi connectivity index (χ4v) is 3.83. The van der Waals surface area contributed by atoms with Crippen LogP contribution in [0.5, 0.6) is 0 Å². The van der Waals surface area contributed by atoms with Gasteiger partial charge in [0.25, 0.3) is 5.91 Å². The normalized spacial score (nSPS) is 11.4. The highest BCUT2D eigenvalue weighted by atomic mass is 32.2. The van der Waals surface area contributed by atoms with E-state index in [2.05, 4.69) is 10.0 Å². The van der Waals surface area contributed by atoms with Crippen molar-refractivity contribution in [2.24, 2.45) is 5.73 Å². The second-order valence-corrected chi connectivity index (χ2v) is 7.98. The molecule has 24 heavy (non-hydrogen) atoms. The second kappa shape index (κ2) is 8.93. The van der Waals surface area contributed by atoms with Crippen LogP contribution in [0, 0.1) is 0 Å². The highest BCUT2D eigenvalue weighted by molar-refractivity contribution is 7.89. The molecular formula is C16H21N3O3S2. The standard InChI is InChI=1S/C16H21N3O3S2/c17-8-1-2-9-18-16(20)13-5-3-7-15(11-13)24(21,22)19-12-14-6-4-10-23-14/h3-7,10-11,19H,1-2,8-9,12,17H2,(H,18,20). The van der Waals surface area contributed by atoms with Crippen molar-refractivity contribution < 1.29 is 13.2 Å². The molecule has 1 heterocycles. The van der Waals surface area contributed by atoms with Gasteiger partial charge in [0.2, 0.25) is 10.0 Å². The molecule has 4 N–H and O–H groups in total. The number of thiophene rings is 1. The van der Waals surface area contributed by atoms with Crippen LogP contribution in [0.2, 0.25) is 0 Å². The number of unbranched alkanes of at least 4 members (excludes halogenated alkanes) is 1. The first-order chi connectivity index (χ1) is 11.5. The predicted octanol–water partition coefficient (Wildman–Crippen LogP) is 1.70. The molecule has 0 aliphatic rings. The molecule has 0 saturated heterocycles. The maximum Gasteiger partial charge on any atom is 0.251 e. The molecule has 0 aliphatic heterocycles. The van der Waals surface area contributed by atoms with Gasteiger partial charge in [0.15, 0.2) is 0 Å². The molecule has 0 aliphatic carbocycles. The zero-order valence-electron chi connectivity index (χ0n) is 13.2. The largest absolute Gasteiger partial charge is 0.352 e. The number of carbonyl (C=O) groups is 1. The summed E-state index contributed by atoms with van der Waals surface area (Å²) >= 11 is 1.48. The lowest BCUT2D eigenvalue weighted by Crippen LogP contribution is -2.26. The van der Waals surface area contributed by atoms with Gasteiger partial charge in [0.05, 0.1) is 4.90 Å². The Hall–Kier alpha value is -1.74. The Labute approximate surface area is 146 Å². The third kappa shape index (κ3) is 5.41. The van der Waals surface area contributed by atoms with Gasteiger partial charge >= 0.3 is 0 Å². The van der Waals surface area contributed by atoms with Crippen molar-refractivity contribution in [2.45, 2.75) is 24.3 Å². The quantitative estimate of drug-likeness (QED) is 0.587. The third-order valence-corrected chi connectivity index (χ3v) is 5.61. The van der Waals surface area contributed by atoms with Gasteiger partial charge in [-0.1, -0.05) is 12.1 Å². The number of carbonyl (C=O) groups excluding carboxylic acids is 1. The summed E-state index contributed by atoms with van der Waals surface area (Å²) in [6, 6.07) is 9.74. The Bertz CT molecular complexity index is 759. The Morgan fingerprint density at radius 2 is 2.00 bits per heavy atom. The van der Waals surface area contributed by atoms with Crippen molar-refractivity contribution in [2.75, 3.05) is 13.1 Å². The van der Waals surface area contributed by atoms with Gasteiger partial charge in [-0.25, -0.2) is 13.1 Å². The summed E-state index contributed by atoms with van der Waals surface area (Å²) in [5, 5.41) is 4.65. The Kier molecular flexibility index (Phi) is 6.92. The van der Waals surface area contributed by atoms with E-state index < -0.39 is 10.0 Å². The van der Waals surface area contributed by atoms with Crippen LogP contribution < -0.4 is 15.8 Å². The molecule has 0 spiro atoms. The molecule has 2 rings (SSSR count). The van der Waals surface area contributed by atoms with Crippen molar-refractivity contribution in [3.63, 3.8) is 0 Å². The van der Waals surface area contributed by atoms with Crippen molar-refractivity contribution in [1.82, 2.24) is 10.0 Å². The second-order valence-electron chi connectivity index (χ2n) is 5.18. The molecule has 0 unspecified atom stereocenters. The number of nitrogens with two attached hydrogens (primary N) is 1. The topological polar surface area (TPSA) is 101 Å². The van der Waals surface area contributed by atoms with Crippen molar-refractivity contribution in [1.29, 1.82) is 0 Å². The summed E-state index contributed by atoms with van der Waals surface area (Å²) in [6.07, 6.45) is 1.63. The minimum atomic E-state index is -3.66. The fourth-order valence-electron chi connectivity index (χ4n) is 2.04.